The van der Waals surface area contributed by atoms with Crippen LogP contribution in [0.2, 0.25) is 0 Å². The smallest absolute Gasteiger partial charge is 0.401 e. The average molecular weight is 289 g/mol. The van der Waals surface area contributed by atoms with Crippen molar-refractivity contribution in [1.82, 2.24) is 0 Å². The van der Waals surface area contributed by atoms with E-state index in [2.05, 4.69) is 0 Å². The zero-order valence-corrected chi connectivity index (χ0v) is 11.4. The van der Waals surface area contributed by atoms with Crippen molar-refractivity contribution in [3.63, 3.8) is 0 Å². The molecule has 0 aliphatic carbocycles. The van der Waals surface area contributed by atoms with Gasteiger partial charge >= 0.3 is 6.18 Å². The monoisotopic (exact) mass is 289 g/mol. The molecule has 0 fully saturated rings. The Morgan fingerprint density at radius 2 is 1.74 bits per heavy atom. The first kappa shape index (κ1) is 15.6. The molecule has 0 atom stereocenters. The highest BCUT2D eigenvalue weighted by atomic mass is 32.2. The number of nitrogens with two attached hydrogens (primary N) is 1. The van der Waals surface area contributed by atoms with Gasteiger partial charge in [-0.2, -0.15) is 13.2 Å². The maximum absolute atomic E-state index is 12.4. The third-order valence-electron chi connectivity index (χ3n) is 2.34. The topological polar surface area (TPSA) is 43.1 Å². The Labute approximate surface area is 113 Å². The normalized spacial score (nSPS) is 13.1. The predicted octanol–water partition coefficient (Wildman–Crippen LogP) is 3.72. The zero-order valence-electron chi connectivity index (χ0n) is 10.5. The van der Waals surface area contributed by atoms with Crippen molar-refractivity contribution in [3.8, 4) is 0 Å². The zero-order chi connectivity index (χ0) is 14.6. The van der Waals surface area contributed by atoms with Gasteiger partial charge in [0.1, 0.15) is 0 Å². The molecule has 1 rings (SSSR count). The molecule has 1 aromatic carbocycles. The Bertz CT molecular complexity index is 488. The fourth-order valence-corrected chi connectivity index (χ4v) is 2.37. The molecule has 2 nitrogen and oxygen atoms in total. The molecule has 6 heteroatoms. The fraction of sp³-hybridized carbons (Fsp3) is 0.308. The molecule has 0 spiro atoms. The number of benzene rings is 1. The van der Waals surface area contributed by atoms with Crippen molar-refractivity contribution in [3.05, 3.63) is 46.0 Å². The molecule has 0 amide bonds. The maximum Gasteiger partial charge on any atom is 0.416 e. The quantitative estimate of drug-likeness (QED) is 0.859. The van der Waals surface area contributed by atoms with Crippen molar-refractivity contribution < 1.29 is 18.0 Å². The lowest BCUT2D eigenvalue weighted by molar-refractivity contribution is -0.137. The first-order chi connectivity index (χ1) is 8.71. The van der Waals surface area contributed by atoms with Crippen molar-refractivity contribution in [2.24, 2.45) is 5.73 Å². The third kappa shape index (κ3) is 4.63. The van der Waals surface area contributed by atoms with E-state index < -0.39 is 11.7 Å². The number of rotatable bonds is 4. The highest BCUT2D eigenvalue weighted by Crippen LogP contribution is 2.30. The number of carbonyl (C=O) groups excluding carboxylic acids is 1. The number of Topliss-reactive ketones (excluding diaryl/α,β-unsaturated/α-hetero) is 1. The van der Waals surface area contributed by atoms with Gasteiger partial charge in [-0.3, -0.25) is 4.79 Å². The molecule has 0 aliphatic rings. The molecule has 104 valence electrons. The summed E-state index contributed by atoms with van der Waals surface area (Å²) in [6, 6.07) is 4.86. The number of hydrogen-bond donors (Lipinski definition) is 1. The van der Waals surface area contributed by atoms with Crippen LogP contribution >= 0.6 is 11.8 Å². The van der Waals surface area contributed by atoms with Crippen LogP contribution in [0.5, 0.6) is 0 Å². The summed E-state index contributed by atoms with van der Waals surface area (Å²) < 4.78 is 37.1. The number of allylic oxidation sites excluding steroid dienone is 2. The Hall–Kier alpha value is -1.43. The van der Waals surface area contributed by atoms with Gasteiger partial charge in [-0.05, 0) is 31.5 Å². The Morgan fingerprint density at radius 1 is 1.21 bits per heavy atom. The van der Waals surface area contributed by atoms with Crippen LogP contribution in [0.3, 0.4) is 0 Å². The standard InChI is InChI=1S/C13H14F3NOS/c1-8(17)12(9(2)18)19-7-10-3-5-11(6-4-10)13(14,15)16/h3-6H,7,17H2,1-2H3/b12-8-. The summed E-state index contributed by atoms with van der Waals surface area (Å²) in [6.07, 6.45) is -4.33. The summed E-state index contributed by atoms with van der Waals surface area (Å²) in [4.78, 5) is 11.7. The van der Waals surface area contributed by atoms with Crippen LogP contribution in [-0.4, -0.2) is 5.78 Å². The van der Waals surface area contributed by atoms with E-state index >= 15 is 0 Å². The van der Waals surface area contributed by atoms with Gasteiger partial charge in [-0.25, -0.2) is 0 Å². The van der Waals surface area contributed by atoms with Crippen molar-refractivity contribution in [2.75, 3.05) is 0 Å². The summed E-state index contributed by atoms with van der Waals surface area (Å²) in [6.45, 7) is 3.03. The van der Waals surface area contributed by atoms with Crippen LogP contribution in [0.15, 0.2) is 34.9 Å². The lowest BCUT2D eigenvalue weighted by Gasteiger charge is -2.08. The second kappa shape index (κ2) is 6.14. The summed E-state index contributed by atoms with van der Waals surface area (Å²) in [5, 5.41) is 0. The van der Waals surface area contributed by atoms with Gasteiger partial charge in [-0.1, -0.05) is 12.1 Å². The number of carbonyl (C=O) groups is 1. The minimum atomic E-state index is -4.33. The van der Waals surface area contributed by atoms with Gasteiger partial charge in [0.15, 0.2) is 5.78 Å². The minimum absolute atomic E-state index is 0.142. The van der Waals surface area contributed by atoms with Crippen LogP contribution < -0.4 is 5.73 Å². The maximum atomic E-state index is 12.4. The van der Waals surface area contributed by atoms with E-state index in [-0.39, 0.29) is 5.78 Å². The van der Waals surface area contributed by atoms with Crippen LogP contribution in [0, 0.1) is 0 Å². The minimum Gasteiger partial charge on any atom is -0.401 e. The van der Waals surface area contributed by atoms with Gasteiger partial charge in [0.25, 0.3) is 0 Å². The Morgan fingerprint density at radius 3 is 2.11 bits per heavy atom. The summed E-state index contributed by atoms with van der Waals surface area (Å²) in [5.74, 6) is 0.263. The van der Waals surface area contributed by atoms with Crippen molar-refractivity contribution in [2.45, 2.75) is 25.8 Å². The largest absolute Gasteiger partial charge is 0.416 e. The van der Waals surface area contributed by atoms with Crippen LogP contribution in [0.1, 0.15) is 25.0 Å². The number of ketones is 1. The van der Waals surface area contributed by atoms with E-state index in [0.29, 0.717) is 21.9 Å². The molecule has 0 bridgehead atoms. The molecule has 1 aromatic rings. The van der Waals surface area contributed by atoms with Crippen LogP contribution in [0.25, 0.3) is 0 Å². The van der Waals surface area contributed by atoms with Gasteiger partial charge in [0.2, 0.25) is 0 Å². The van der Waals surface area contributed by atoms with Gasteiger partial charge in [0.05, 0.1) is 10.5 Å². The number of hydrogen-bond acceptors (Lipinski definition) is 3. The third-order valence-corrected chi connectivity index (χ3v) is 3.72. The molecule has 0 saturated heterocycles. The van der Waals surface area contributed by atoms with Crippen molar-refractivity contribution in [1.29, 1.82) is 0 Å². The van der Waals surface area contributed by atoms with E-state index in [1.54, 1.807) is 6.92 Å². The number of halogens is 3. The molecule has 0 heterocycles. The van der Waals surface area contributed by atoms with E-state index in [4.69, 9.17) is 5.73 Å². The van der Waals surface area contributed by atoms with Gasteiger partial charge < -0.3 is 5.73 Å². The lowest BCUT2D eigenvalue weighted by atomic mass is 10.1. The second-order valence-corrected chi connectivity index (χ2v) is 5.04. The van der Waals surface area contributed by atoms with E-state index in [9.17, 15) is 18.0 Å². The first-order valence-electron chi connectivity index (χ1n) is 5.48. The average Bonchev–Trinajstić information content (AvgIpc) is 2.27. The van der Waals surface area contributed by atoms with Crippen LogP contribution in [0.4, 0.5) is 13.2 Å². The molecular formula is C13H14F3NOS. The number of thioether (sulfide) groups is 1. The molecular weight excluding hydrogens is 275 g/mol. The Kier molecular flexibility index (Phi) is 5.05. The molecule has 0 radical (unpaired) electrons. The van der Waals surface area contributed by atoms with E-state index in [0.717, 1.165) is 12.1 Å². The fourth-order valence-electron chi connectivity index (χ4n) is 1.44. The molecule has 2 N–H and O–H groups in total. The summed E-state index contributed by atoms with van der Waals surface area (Å²) in [7, 11) is 0. The number of alkyl halides is 3. The summed E-state index contributed by atoms with van der Waals surface area (Å²) in [5.41, 5.74) is 6.02. The Balaban J connectivity index is 2.75. The van der Waals surface area contributed by atoms with Crippen molar-refractivity contribution >= 4 is 17.5 Å². The SMILES string of the molecule is CC(=O)/C(SCc1ccc(C(F)(F)F)cc1)=C(\C)N. The molecule has 0 saturated carbocycles. The lowest BCUT2D eigenvalue weighted by Crippen LogP contribution is -2.05. The second-order valence-electron chi connectivity index (χ2n) is 4.05. The first-order valence-corrected chi connectivity index (χ1v) is 6.46. The van der Waals surface area contributed by atoms with E-state index in [1.807, 2.05) is 0 Å². The molecule has 0 aliphatic heterocycles. The highest BCUT2D eigenvalue weighted by Gasteiger charge is 2.29. The molecule has 0 unspecified atom stereocenters. The molecule has 19 heavy (non-hydrogen) atoms. The van der Waals surface area contributed by atoms with Crippen LogP contribution in [-0.2, 0) is 16.7 Å². The van der Waals surface area contributed by atoms with Gasteiger partial charge in [0, 0.05) is 11.4 Å². The van der Waals surface area contributed by atoms with Gasteiger partial charge in [-0.15, -0.1) is 11.8 Å². The highest BCUT2D eigenvalue weighted by molar-refractivity contribution is 8.03. The predicted molar refractivity (Wildman–Crippen MR) is 70.3 cm³/mol. The van der Waals surface area contributed by atoms with E-state index in [1.165, 1.54) is 30.8 Å². The molecule has 0 aromatic heterocycles. The summed E-state index contributed by atoms with van der Waals surface area (Å²) >= 11 is 1.23.